The molecule has 2 rings (SSSR count). The molecule has 1 aliphatic rings. The van der Waals surface area contributed by atoms with E-state index in [1.807, 2.05) is 24.3 Å². The summed E-state index contributed by atoms with van der Waals surface area (Å²) in [6, 6.07) is 7.58. The van der Waals surface area contributed by atoms with Crippen LogP contribution in [0, 0.1) is 0 Å². The van der Waals surface area contributed by atoms with Gasteiger partial charge in [-0.25, -0.2) is 8.42 Å². The first-order chi connectivity index (χ1) is 9.61. The fourth-order valence-corrected chi connectivity index (χ4v) is 3.81. The largest absolute Gasteiger partial charge is 0.372 e. The summed E-state index contributed by atoms with van der Waals surface area (Å²) in [5.74, 6) is 0.0314. The molecule has 1 aromatic carbocycles. The summed E-state index contributed by atoms with van der Waals surface area (Å²) in [7, 11) is -3.32. The van der Waals surface area contributed by atoms with Gasteiger partial charge in [-0.2, -0.15) is 0 Å². The van der Waals surface area contributed by atoms with Crippen LogP contribution in [-0.2, 0) is 10.0 Å². The van der Waals surface area contributed by atoms with Crippen molar-refractivity contribution in [2.45, 2.75) is 25.7 Å². The molecular weight excluding hydrogens is 296 g/mol. The maximum atomic E-state index is 11.6. The lowest BCUT2D eigenvalue weighted by Crippen LogP contribution is -2.23. The molecule has 0 aliphatic carbocycles. The molecule has 0 unspecified atom stereocenters. The number of anilines is 2. The number of benzene rings is 1. The van der Waals surface area contributed by atoms with Gasteiger partial charge in [0.1, 0.15) is 0 Å². The molecule has 4 nitrogen and oxygen atoms in total. The van der Waals surface area contributed by atoms with Crippen LogP contribution in [-0.4, -0.2) is 33.1 Å². The Morgan fingerprint density at radius 2 is 1.65 bits per heavy atom. The Bertz CT molecular complexity index is 508. The quantitative estimate of drug-likeness (QED) is 0.849. The van der Waals surface area contributed by atoms with E-state index < -0.39 is 10.0 Å². The van der Waals surface area contributed by atoms with Gasteiger partial charge in [-0.1, -0.05) is 12.8 Å². The van der Waals surface area contributed by atoms with Crippen LogP contribution in [0.2, 0.25) is 0 Å². The zero-order chi connectivity index (χ0) is 14.4. The van der Waals surface area contributed by atoms with E-state index in [0.717, 1.165) is 18.8 Å². The van der Waals surface area contributed by atoms with Crippen LogP contribution in [0.1, 0.15) is 25.7 Å². The molecule has 0 amide bonds. The topological polar surface area (TPSA) is 49.4 Å². The van der Waals surface area contributed by atoms with Gasteiger partial charge in [0.05, 0.1) is 5.75 Å². The number of hydrogen-bond acceptors (Lipinski definition) is 3. The van der Waals surface area contributed by atoms with E-state index in [2.05, 4.69) is 9.62 Å². The van der Waals surface area contributed by atoms with Crippen LogP contribution in [0.15, 0.2) is 24.3 Å². The molecule has 1 aromatic rings. The third kappa shape index (κ3) is 4.56. The summed E-state index contributed by atoms with van der Waals surface area (Å²) in [5.41, 5.74) is 1.75. The van der Waals surface area contributed by atoms with E-state index in [0.29, 0.717) is 5.69 Å². The first kappa shape index (κ1) is 15.4. The summed E-state index contributed by atoms with van der Waals surface area (Å²) < 4.78 is 25.8. The normalized spacial score (nSPS) is 16.8. The second-order valence-electron chi connectivity index (χ2n) is 5.06. The summed E-state index contributed by atoms with van der Waals surface area (Å²) in [6.07, 6.45) is 5.05. The van der Waals surface area contributed by atoms with Crippen molar-refractivity contribution < 1.29 is 8.42 Å². The van der Waals surface area contributed by atoms with E-state index in [1.165, 1.54) is 25.7 Å². The number of nitrogens with zero attached hydrogens (tertiary/aromatic N) is 1. The number of hydrogen-bond donors (Lipinski definition) is 1. The minimum absolute atomic E-state index is 0.0670. The van der Waals surface area contributed by atoms with E-state index in [-0.39, 0.29) is 11.6 Å². The lowest BCUT2D eigenvalue weighted by Gasteiger charge is -2.22. The molecule has 112 valence electrons. The lowest BCUT2D eigenvalue weighted by molar-refractivity contribution is 0.602. The Balaban J connectivity index is 2.02. The molecular formula is C14H21ClN2O2S. The number of sulfonamides is 1. The summed E-state index contributed by atoms with van der Waals surface area (Å²) >= 11 is 5.47. The molecule has 0 bridgehead atoms. The van der Waals surface area contributed by atoms with Crippen molar-refractivity contribution in [1.82, 2.24) is 0 Å². The molecule has 1 N–H and O–H groups in total. The highest BCUT2D eigenvalue weighted by Crippen LogP contribution is 2.22. The van der Waals surface area contributed by atoms with Gasteiger partial charge in [0, 0.05) is 30.3 Å². The van der Waals surface area contributed by atoms with Crippen LogP contribution >= 0.6 is 11.6 Å². The molecule has 1 aliphatic heterocycles. The third-order valence-corrected chi connectivity index (χ3v) is 5.16. The molecule has 1 heterocycles. The van der Waals surface area contributed by atoms with Crippen molar-refractivity contribution in [2.75, 3.05) is 34.3 Å². The van der Waals surface area contributed by atoms with Gasteiger partial charge in [-0.3, -0.25) is 4.72 Å². The van der Waals surface area contributed by atoms with Crippen molar-refractivity contribution >= 4 is 33.0 Å². The maximum Gasteiger partial charge on any atom is 0.233 e. The van der Waals surface area contributed by atoms with Crippen LogP contribution in [0.25, 0.3) is 0 Å². The fraction of sp³-hybridized carbons (Fsp3) is 0.571. The van der Waals surface area contributed by atoms with E-state index in [1.54, 1.807) is 0 Å². The van der Waals surface area contributed by atoms with Crippen molar-refractivity contribution in [3.8, 4) is 0 Å². The molecule has 0 aromatic heterocycles. The van der Waals surface area contributed by atoms with Gasteiger partial charge in [0.2, 0.25) is 10.0 Å². The zero-order valence-corrected chi connectivity index (χ0v) is 13.1. The van der Waals surface area contributed by atoms with E-state index in [9.17, 15) is 8.42 Å². The smallest absolute Gasteiger partial charge is 0.233 e. The molecule has 0 saturated carbocycles. The molecule has 0 spiro atoms. The van der Waals surface area contributed by atoms with Gasteiger partial charge in [-0.15, -0.1) is 11.6 Å². The predicted octanol–water partition coefficient (Wildman–Crippen LogP) is 3.05. The number of alkyl halides is 1. The van der Waals surface area contributed by atoms with Gasteiger partial charge in [-0.05, 0) is 37.1 Å². The summed E-state index contributed by atoms with van der Waals surface area (Å²) in [6.45, 7) is 2.16. The van der Waals surface area contributed by atoms with Gasteiger partial charge in [0.25, 0.3) is 0 Å². The van der Waals surface area contributed by atoms with Crippen LogP contribution < -0.4 is 9.62 Å². The highest BCUT2D eigenvalue weighted by atomic mass is 35.5. The number of nitrogens with one attached hydrogen (secondary N) is 1. The number of rotatable bonds is 5. The molecule has 0 atom stereocenters. The molecule has 20 heavy (non-hydrogen) atoms. The standard InChI is InChI=1S/C14H21ClN2O2S/c15-9-12-20(18,19)16-13-5-7-14(8-6-13)17-10-3-1-2-4-11-17/h5-8,16H,1-4,9-12H2. The Morgan fingerprint density at radius 3 is 2.20 bits per heavy atom. The van der Waals surface area contributed by atoms with Crippen LogP contribution in [0.3, 0.4) is 0 Å². The second-order valence-corrected chi connectivity index (χ2v) is 7.28. The van der Waals surface area contributed by atoms with Gasteiger partial charge in [0.15, 0.2) is 0 Å². The summed E-state index contributed by atoms with van der Waals surface area (Å²) in [5, 5.41) is 0. The minimum atomic E-state index is -3.32. The van der Waals surface area contributed by atoms with E-state index in [4.69, 9.17) is 11.6 Å². The SMILES string of the molecule is O=S(=O)(CCCl)Nc1ccc(N2CCCCCC2)cc1. The molecule has 1 fully saturated rings. The zero-order valence-electron chi connectivity index (χ0n) is 11.5. The molecule has 0 radical (unpaired) electrons. The van der Waals surface area contributed by atoms with E-state index >= 15 is 0 Å². The maximum absolute atomic E-state index is 11.6. The van der Waals surface area contributed by atoms with Crippen molar-refractivity contribution in [1.29, 1.82) is 0 Å². The van der Waals surface area contributed by atoms with Gasteiger partial charge >= 0.3 is 0 Å². The van der Waals surface area contributed by atoms with Crippen molar-refractivity contribution in [3.05, 3.63) is 24.3 Å². The lowest BCUT2D eigenvalue weighted by atomic mass is 10.2. The third-order valence-electron chi connectivity index (χ3n) is 3.46. The minimum Gasteiger partial charge on any atom is -0.372 e. The first-order valence-corrected chi connectivity index (χ1v) is 9.21. The fourth-order valence-electron chi connectivity index (χ4n) is 2.40. The van der Waals surface area contributed by atoms with Gasteiger partial charge < -0.3 is 4.90 Å². The first-order valence-electron chi connectivity index (χ1n) is 7.02. The predicted molar refractivity (Wildman–Crippen MR) is 85.3 cm³/mol. The van der Waals surface area contributed by atoms with Crippen LogP contribution in [0.5, 0.6) is 0 Å². The van der Waals surface area contributed by atoms with Crippen LogP contribution in [0.4, 0.5) is 11.4 Å². The summed E-state index contributed by atoms with van der Waals surface area (Å²) in [4.78, 5) is 2.37. The molecule has 1 saturated heterocycles. The van der Waals surface area contributed by atoms with Crippen molar-refractivity contribution in [3.63, 3.8) is 0 Å². The average molecular weight is 317 g/mol. The highest BCUT2D eigenvalue weighted by Gasteiger charge is 2.11. The Morgan fingerprint density at radius 1 is 1.05 bits per heavy atom. The Kier molecular flexibility index (Phi) is 5.54. The Hall–Kier alpha value is -0.940. The highest BCUT2D eigenvalue weighted by molar-refractivity contribution is 7.92. The second kappa shape index (κ2) is 7.18. The number of halogens is 1. The molecule has 6 heteroatoms. The average Bonchev–Trinajstić information content (AvgIpc) is 2.68. The monoisotopic (exact) mass is 316 g/mol. The van der Waals surface area contributed by atoms with Crippen molar-refractivity contribution in [2.24, 2.45) is 0 Å². The Labute approximate surface area is 126 Å².